The van der Waals surface area contributed by atoms with E-state index in [-0.39, 0.29) is 6.33 Å². The van der Waals surface area contributed by atoms with Gasteiger partial charge in [0.25, 0.3) is 0 Å². The van der Waals surface area contributed by atoms with Crippen molar-refractivity contribution in [2.75, 3.05) is 7.11 Å². The summed E-state index contributed by atoms with van der Waals surface area (Å²) < 4.78 is 14.4. The molecule has 0 aliphatic carbocycles. The molecule has 0 aromatic rings. The minimum absolute atomic E-state index is 0.250. The van der Waals surface area contributed by atoms with Crippen molar-refractivity contribution in [1.82, 2.24) is 0 Å². The van der Waals surface area contributed by atoms with Gasteiger partial charge in [0.2, 0.25) is 0 Å². The lowest BCUT2D eigenvalue weighted by atomic mass is 11.2. The molecular formula is C5H9FO. The maximum atomic E-state index is 10.1. The number of rotatable bonds is 1. The van der Waals surface area contributed by atoms with E-state index >= 15 is 0 Å². The first-order valence-electron chi connectivity index (χ1n) is 1.68. The maximum Gasteiger partial charge on any atom is 0.0795 e. The van der Waals surface area contributed by atoms with Gasteiger partial charge >= 0.3 is 0 Å². The van der Waals surface area contributed by atoms with Crippen molar-refractivity contribution in [1.29, 1.82) is 0 Å². The van der Waals surface area contributed by atoms with E-state index in [9.17, 15) is 4.39 Å². The summed E-state index contributed by atoms with van der Waals surface area (Å²) in [5.74, 6) is 0. The molecule has 0 atom stereocenters. The lowest BCUT2D eigenvalue weighted by molar-refractivity contribution is 0.339. The highest BCUT2D eigenvalue weighted by atomic mass is 19.1. The molecule has 0 aromatic heterocycles. The fourth-order valence-corrected chi connectivity index (χ4v) is 0. The first-order chi connectivity index (χ1) is 3.33. The number of hydrogen-bond donors (Lipinski definition) is 0. The molecule has 0 aromatic carbocycles. The monoisotopic (exact) mass is 104 g/mol. The Hall–Kier alpha value is -0.790. The van der Waals surface area contributed by atoms with Crippen molar-refractivity contribution in [3.63, 3.8) is 0 Å². The number of hydrogen-bond acceptors (Lipinski definition) is 1. The van der Waals surface area contributed by atoms with E-state index < -0.39 is 0 Å². The van der Waals surface area contributed by atoms with Crippen molar-refractivity contribution in [3.8, 4) is 0 Å². The molecule has 0 saturated heterocycles. The highest BCUT2D eigenvalue weighted by Gasteiger charge is 1.36. The van der Waals surface area contributed by atoms with Gasteiger partial charge < -0.3 is 4.74 Å². The molecule has 7 heavy (non-hydrogen) atoms. The summed E-state index contributed by atoms with van der Waals surface area (Å²) in [4.78, 5) is 0. The quantitative estimate of drug-likeness (QED) is 0.461. The van der Waals surface area contributed by atoms with Gasteiger partial charge in [0.15, 0.2) is 0 Å². The van der Waals surface area contributed by atoms with E-state index in [0.29, 0.717) is 0 Å². The molecule has 0 fully saturated rings. The van der Waals surface area contributed by atoms with Gasteiger partial charge in [-0.1, -0.05) is 13.2 Å². The van der Waals surface area contributed by atoms with Gasteiger partial charge in [0, 0.05) is 0 Å². The van der Waals surface area contributed by atoms with Crippen LogP contribution in [0.25, 0.3) is 0 Å². The van der Waals surface area contributed by atoms with Crippen LogP contribution in [0.3, 0.4) is 0 Å². The van der Waals surface area contributed by atoms with E-state index in [1.165, 1.54) is 6.26 Å². The third kappa shape index (κ3) is 1220. The first kappa shape index (κ1) is 9.51. The van der Waals surface area contributed by atoms with Gasteiger partial charge in [-0.05, 0) is 0 Å². The second-order valence-corrected chi connectivity index (χ2v) is 0.557. The van der Waals surface area contributed by atoms with Crippen LogP contribution in [0.4, 0.5) is 4.39 Å². The molecule has 0 bridgehead atoms. The summed E-state index contributed by atoms with van der Waals surface area (Å²) >= 11 is 0. The summed E-state index contributed by atoms with van der Waals surface area (Å²) in [6.45, 7) is 5.95. The highest BCUT2D eigenvalue weighted by molar-refractivity contribution is 4.43. The molecule has 0 unspecified atom stereocenters. The van der Waals surface area contributed by atoms with Crippen molar-refractivity contribution < 1.29 is 9.13 Å². The molecule has 0 radical (unpaired) electrons. The third-order valence-corrected chi connectivity index (χ3v) is 0.167. The lowest BCUT2D eigenvalue weighted by Crippen LogP contribution is -1.54. The predicted molar refractivity (Wildman–Crippen MR) is 28.5 cm³/mol. The van der Waals surface area contributed by atoms with Crippen LogP contribution in [0.1, 0.15) is 0 Å². The topological polar surface area (TPSA) is 9.23 Å². The van der Waals surface area contributed by atoms with Crippen molar-refractivity contribution >= 4 is 0 Å². The largest absolute Gasteiger partial charge is 0.505 e. The van der Waals surface area contributed by atoms with Crippen LogP contribution in [-0.4, -0.2) is 7.11 Å². The van der Waals surface area contributed by atoms with Crippen molar-refractivity contribution in [2.45, 2.75) is 0 Å². The van der Waals surface area contributed by atoms with E-state index in [0.717, 1.165) is 0 Å². The number of halogens is 1. The standard InChI is InChI=1S/C3H6O.C2H3F/c1-3-4-2;1-2-3/h3H,1H2,2H3;2H,1H2. The minimum Gasteiger partial charge on any atom is -0.505 e. The first-order valence-corrected chi connectivity index (χ1v) is 1.68. The zero-order valence-corrected chi connectivity index (χ0v) is 4.36. The van der Waals surface area contributed by atoms with Gasteiger partial charge in [0.1, 0.15) is 0 Å². The van der Waals surface area contributed by atoms with Crippen LogP contribution in [-0.2, 0) is 4.74 Å². The SMILES string of the molecule is C=CF.C=COC. The number of ether oxygens (including phenoxy) is 1. The summed E-state index contributed by atoms with van der Waals surface area (Å²) in [5.41, 5.74) is 0. The summed E-state index contributed by atoms with van der Waals surface area (Å²) in [6.07, 6.45) is 1.62. The molecule has 0 aliphatic rings. The average Bonchev–Trinajstić information content (AvgIpc) is 1.69. The Morgan fingerprint density at radius 2 is 1.71 bits per heavy atom. The Morgan fingerprint density at radius 3 is 1.71 bits per heavy atom. The molecule has 0 rings (SSSR count). The van der Waals surface area contributed by atoms with Crippen LogP contribution in [0.5, 0.6) is 0 Å². The molecule has 0 amide bonds. The van der Waals surface area contributed by atoms with Gasteiger partial charge in [-0.25, -0.2) is 4.39 Å². The maximum absolute atomic E-state index is 10.1. The van der Waals surface area contributed by atoms with Crippen molar-refractivity contribution in [3.05, 3.63) is 25.7 Å². The normalized spacial score (nSPS) is 4.86. The summed E-state index contributed by atoms with van der Waals surface area (Å²) in [6, 6.07) is 0. The molecule has 0 aliphatic heterocycles. The van der Waals surface area contributed by atoms with Crippen LogP contribution >= 0.6 is 0 Å². The van der Waals surface area contributed by atoms with E-state index in [4.69, 9.17) is 0 Å². The fraction of sp³-hybridized carbons (Fsp3) is 0.200. The predicted octanol–water partition coefficient (Wildman–Crippen LogP) is 1.88. The zero-order valence-electron chi connectivity index (χ0n) is 4.36. The van der Waals surface area contributed by atoms with Gasteiger partial charge in [-0.3, -0.25) is 0 Å². The van der Waals surface area contributed by atoms with E-state index in [1.807, 2.05) is 0 Å². The van der Waals surface area contributed by atoms with Crippen LogP contribution in [0, 0.1) is 0 Å². The Balaban J connectivity index is 0. The highest BCUT2D eigenvalue weighted by Crippen LogP contribution is 1.52. The smallest absolute Gasteiger partial charge is 0.0795 e. The third-order valence-electron chi connectivity index (χ3n) is 0.167. The van der Waals surface area contributed by atoms with Gasteiger partial charge in [-0.2, -0.15) is 0 Å². The van der Waals surface area contributed by atoms with Gasteiger partial charge in [-0.15, -0.1) is 0 Å². The van der Waals surface area contributed by atoms with E-state index in [2.05, 4.69) is 17.9 Å². The lowest BCUT2D eigenvalue weighted by Gasteiger charge is -1.73. The van der Waals surface area contributed by atoms with Gasteiger partial charge in [0.05, 0.1) is 19.7 Å². The van der Waals surface area contributed by atoms with E-state index in [1.54, 1.807) is 7.11 Å². The molecule has 0 saturated carbocycles. The van der Waals surface area contributed by atoms with Crippen LogP contribution in [0.2, 0.25) is 0 Å². The summed E-state index contributed by atoms with van der Waals surface area (Å²) in [5, 5.41) is 0. The molecule has 0 spiro atoms. The number of methoxy groups -OCH3 is 1. The van der Waals surface area contributed by atoms with Crippen LogP contribution in [0.15, 0.2) is 25.7 Å². The Kier molecular flexibility index (Phi) is 25.7. The second-order valence-electron chi connectivity index (χ2n) is 0.557. The summed E-state index contributed by atoms with van der Waals surface area (Å²) in [7, 11) is 1.56. The average molecular weight is 104 g/mol. The molecule has 0 N–H and O–H groups in total. The molecule has 2 heteroatoms. The Morgan fingerprint density at radius 1 is 1.57 bits per heavy atom. The minimum atomic E-state index is 0.250. The second kappa shape index (κ2) is 18.9. The molecule has 0 heterocycles. The van der Waals surface area contributed by atoms with Crippen molar-refractivity contribution in [2.24, 2.45) is 0 Å². The zero-order chi connectivity index (χ0) is 6.12. The Labute approximate surface area is 43.1 Å². The molecular weight excluding hydrogens is 95.1 g/mol. The molecule has 1 nitrogen and oxygen atoms in total. The van der Waals surface area contributed by atoms with Crippen LogP contribution < -0.4 is 0 Å². The fourth-order valence-electron chi connectivity index (χ4n) is 0. The Bertz CT molecular complexity index is 43.3. The molecule has 42 valence electrons.